The van der Waals surface area contributed by atoms with E-state index in [2.05, 4.69) is 17.1 Å². The van der Waals surface area contributed by atoms with Crippen LogP contribution in [0.5, 0.6) is 0 Å². The molecule has 0 saturated heterocycles. The van der Waals surface area contributed by atoms with Gasteiger partial charge in [0.05, 0.1) is 0 Å². The molecular formula is C10H14ClN3O2S. The monoisotopic (exact) mass is 275 g/mol. The molecule has 5 nitrogen and oxygen atoms in total. The molecule has 0 bridgehead atoms. The van der Waals surface area contributed by atoms with Crippen molar-refractivity contribution in [1.82, 2.24) is 14.8 Å². The molecule has 17 heavy (non-hydrogen) atoms. The summed E-state index contributed by atoms with van der Waals surface area (Å²) in [5.74, 6) is 1.86. The van der Waals surface area contributed by atoms with E-state index >= 15 is 0 Å². The van der Waals surface area contributed by atoms with Gasteiger partial charge in [0.15, 0.2) is 0 Å². The lowest BCUT2D eigenvalue weighted by atomic mass is 9.75. The SMILES string of the molecule is CC1CC(c2nnc(S(=O)(=O)Cl)n2C2CC2)C1. The fourth-order valence-electron chi connectivity index (χ4n) is 2.52. The van der Waals surface area contributed by atoms with Gasteiger partial charge in [-0.15, -0.1) is 10.2 Å². The van der Waals surface area contributed by atoms with E-state index in [1.807, 2.05) is 0 Å². The van der Waals surface area contributed by atoms with Crippen molar-refractivity contribution < 1.29 is 8.42 Å². The van der Waals surface area contributed by atoms with E-state index in [0.717, 1.165) is 31.5 Å². The van der Waals surface area contributed by atoms with Crippen molar-refractivity contribution in [2.24, 2.45) is 5.92 Å². The first-order chi connectivity index (χ1) is 7.97. The number of aromatic nitrogens is 3. The Morgan fingerprint density at radius 1 is 1.29 bits per heavy atom. The van der Waals surface area contributed by atoms with Gasteiger partial charge in [0, 0.05) is 22.6 Å². The molecule has 0 atom stereocenters. The summed E-state index contributed by atoms with van der Waals surface area (Å²) in [4.78, 5) is 0. The van der Waals surface area contributed by atoms with Crippen LogP contribution in [0.15, 0.2) is 5.16 Å². The van der Waals surface area contributed by atoms with E-state index in [-0.39, 0.29) is 11.2 Å². The van der Waals surface area contributed by atoms with E-state index in [1.165, 1.54) is 0 Å². The first-order valence-corrected chi connectivity index (χ1v) is 8.17. The number of hydrogen-bond donors (Lipinski definition) is 0. The number of rotatable bonds is 3. The number of halogens is 1. The summed E-state index contributed by atoms with van der Waals surface area (Å²) in [6.07, 6.45) is 4.11. The Labute approximate surface area is 105 Å². The molecule has 0 radical (unpaired) electrons. The Hall–Kier alpha value is -0.620. The lowest BCUT2D eigenvalue weighted by molar-refractivity contribution is 0.269. The van der Waals surface area contributed by atoms with Gasteiger partial charge in [-0.1, -0.05) is 6.92 Å². The smallest absolute Gasteiger partial charge is 0.296 e. The second kappa shape index (κ2) is 3.68. The predicted molar refractivity (Wildman–Crippen MR) is 62.5 cm³/mol. The number of hydrogen-bond acceptors (Lipinski definition) is 4. The molecule has 0 aliphatic heterocycles. The van der Waals surface area contributed by atoms with Crippen LogP contribution in [-0.4, -0.2) is 23.2 Å². The van der Waals surface area contributed by atoms with Gasteiger partial charge in [-0.05, 0) is 31.6 Å². The fourth-order valence-corrected chi connectivity index (χ4v) is 3.45. The highest BCUT2D eigenvalue weighted by molar-refractivity contribution is 8.13. The summed E-state index contributed by atoms with van der Waals surface area (Å²) in [5, 5.41) is 7.75. The predicted octanol–water partition coefficient (Wildman–Crippen LogP) is 2.05. The van der Waals surface area contributed by atoms with Crippen LogP contribution < -0.4 is 0 Å². The molecule has 2 saturated carbocycles. The first kappa shape index (κ1) is 11.5. The molecular weight excluding hydrogens is 262 g/mol. The van der Waals surface area contributed by atoms with Crippen LogP contribution in [0, 0.1) is 5.92 Å². The standard InChI is InChI=1S/C10H14ClN3O2S/c1-6-4-7(5-6)9-12-13-10(17(11,15)16)14(9)8-2-3-8/h6-8H,2-5H2,1H3. The molecule has 1 aromatic heterocycles. The van der Waals surface area contributed by atoms with Crippen LogP contribution in [-0.2, 0) is 9.05 Å². The minimum Gasteiger partial charge on any atom is -0.297 e. The van der Waals surface area contributed by atoms with Gasteiger partial charge in [0.25, 0.3) is 14.2 Å². The van der Waals surface area contributed by atoms with E-state index in [4.69, 9.17) is 10.7 Å². The van der Waals surface area contributed by atoms with Crippen molar-refractivity contribution in [3.63, 3.8) is 0 Å². The summed E-state index contributed by atoms with van der Waals surface area (Å²) >= 11 is 0. The van der Waals surface area contributed by atoms with Crippen molar-refractivity contribution in [3.05, 3.63) is 5.82 Å². The molecule has 1 heterocycles. The van der Waals surface area contributed by atoms with Crippen molar-refractivity contribution >= 4 is 19.7 Å². The molecule has 0 N–H and O–H groups in total. The Kier molecular flexibility index (Phi) is 2.49. The van der Waals surface area contributed by atoms with Gasteiger partial charge in [0.2, 0.25) is 0 Å². The lowest BCUT2D eigenvalue weighted by Gasteiger charge is -2.32. The maximum absolute atomic E-state index is 11.4. The van der Waals surface area contributed by atoms with Crippen LogP contribution in [0.4, 0.5) is 0 Å². The van der Waals surface area contributed by atoms with Crippen LogP contribution in [0.25, 0.3) is 0 Å². The average Bonchev–Trinajstić information content (AvgIpc) is 2.91. The summed E-state index contributed by atoms with van der Waals surface area (Å²) in [6.45, 7) is 2.19. The summed E-state index contributed by atoms with van der Waals surface area (Å²) in [7, 11) is 1.61. The topological polar surface area (TPSA) is 64.8 Å². The van der Waals surface area contributed by atoms with Gasteiger partial charge in [-0.2, -0.15) is 0 Å². The maximum atomic E-state index is 11.4. The van der Waals surface area contributed by atoms with E-state index in [9.17, 15) is 8.42 Å². The van der Waals surface area contributed by atoms with Gasteiger partial charge in [0.1, 0.15) is 5.82 Å². The van der Waals surface area contributed by atoms with Crippen LogP contribution in [0.3, 0.4) is 0 Å². The molecule has 0 amide bonds. The molecule has 0 aromatic carbocycles. The molecule has 2 fully saturated rings. The third kappa shape index (κ3) is 1.97. The van der Waals surface area contributed by atoms with Crippen LogP contribution >= 0.6 is 10.7 Å². The highest BCUT2D eigenvalue weighted by Crippen LogP contribution is 2.45. The van der Waals surface area contributed by atoms with Gasteiger partial charge in [-0.3, -0.25) is 4.57 Å². The Balaban J connectivity index is 2.02. The molecule has 1 aromatic rings. The lowest BCUT2D eigenvalue weighted by Crippen LogP contribution is -2.23. The Bertz CT molecular complexity index is 544. The van der Waals surface area contributed by atoms with E-state index in [1.54, 1.807) is 4.57 Å². The number of nitrogens with zero attached hydrogens (tertiary/aromatic N) is 3. The highest BCUT2D eigenvalue weighted by atomic mass is 35.7. The minimum absolute atomic E-state index is 0.0729. The van der Waals surface area contributed by atoms with Gasteiger partial charge in [-0.25, -0.2) is 8.42 Å². The molecule has 2 aliphatic rings. The van der Waals surface area contributed by atoms with Crippen molar-refractivity contribution in [2.45, 2.75) is 49.7 Å². The second-order valence-electron chi connectivity index (χ2n) is 5.15. The molecule has 0 unspecified atom stereocenters. The zero-order valence-corrected chi connectivity index (χ0v) is 11.1. The third-order valence-electron chi connectivity index (χ3n) is 3.56. The average molecular weight is 276 g/mol. The molecule has 0 spiro atoms. The van der Waals surface area contributed by atoms with Gasteiger partial charge >= 0.3 is 0 Å². The summed E-state index contributed by atoms with van der Waals surface area (Å²) in [6, 6.07) is 0.236. The van der Waals surface area contributed by atoms with Crippen LogP contribution in [0.1, 0.15) is 50.4 Å². The van der Waals surface area contributed by atoms with Crippen molar-refractivity contribution in [2.75, 3.05) is 0 Å². The van der Waals surface area contributed by atoms with Gasteiger partial charge < -0.3 is 0 Å². The third-order valence-corrected chi connectivity index (χ3v) is 4.69. The molecule has 7 heteroatoms. The zero-order chi connectivity index (χ0) is 12.2. The summed E-state index contributed by atoms with van der Waals surface area (Å²) in [5.41, 5.74) is 0. The summed E-state index contributed by atoms with van der Waals surface area (Å²) < 4.78 is 24.6. The van der Waals surface area contributed by atoms with E-state index < -0.39 is 9.05 Å². The largest absolute Gasteiger partial charge is 0.297 e. The highest BCUT2D eigenvalue weighted by Gasteiger charge is 2.38. The Morgan fingerprint density at radius 2 is 1.94 bits per heavy atom. The van der Waals surface area contributed by atoms with Crippen molar-refractivity contribution in [1.29, 1.82) is 0 Å². The normalized spacial score (nSPS) is 29.1. The van der Waals surface area contributed by atoms with E-state index in [0.29, 0.717) is 11.8 Å². The molecule has 3 rings (SSSR count). The molecule has 2 aliphatic carbocycles. The maximum Gasteiger partial charge on any atom is 0.296 e. The van der Waals surface area contributed by atoms with Crippen molar-refractivity contribution in [3.8, 4) is 0 Å². The van der Waals surface area contributed by atoms with Crippen LogP contribution in [0.2, 0.25) is 0 Å². The second-order valence-corrected chi connectivity index (χ2v) is 7.61. The molecule has 94 valence electrons. The fraction of sp³-hybridized carbons (Fsp3) is 0.800. The first-order valence-electron chi connectivity index (χ1n) is 5.86. The quantitative estimate of drug-likeness (QED) is 0.792. The minimum atomic E-state index is -3.79. The Morgan fingerprint density at radius 3 is 2.41 bits per heavy atom. The zero-order valence-electron chi connectivity index (χ0n) is 9.50.